The Labute approximate surface area is 228 Å². The van der Waals surface area contributed by atoms with Gasteiger partial charge in [0.15, 0.2) is 5.78 Å². The number of Topliss-reactive ketones (excluding diaryl/α,β-unsaturated/α-hetero) is 1. The van der Waals surface area contributed by atoms with Crippen LogP contribution in [0.4, 0.5) is 17.5 Å². The molecule has 1 saturated heterocycles. The number of nitrogens with zero attached hydrogens (tertiary/aromatic N) is 6. The molecule has 0 unspecified atom stereocenters. The van der Waals surface area contributed by atoms with Crippen molar-refractivity contribution in [3.8, 4) is 0 Å². The Kier molecular flexibility index (Phi) is 7.43. The Morgan fingerprint density at radius 1 is 1.05 bits per heavy atom. The first-order chi connectivity index (χ1) is 18.6. The van der Waals surface area contributed by atoms with E-state index in [2.05, 4.69) is 20.2 Å². The summed E-state index contributed by atoms with van der Waals surface area (Å²) in [4.78, 5) is 41.5. The minimum atomic E-state index is -3.25. The third-order valence-corrected chi connectivity index (χ3v) is 10.1. The number of rotatable bonds is 7. The highest BCUT2D eigenvalue weighted by Crippen LogP contribution is 2.32. The molecule has 4 heterocycles. The average Bonchev–Trinajstić information content (AvgIpc) is 3.43. The minimum Gasteiger partial charge on any atom is -0.368 e. The van der Waals surface area contributed by atoms with E-state index in [9.17, 15) is 18.0 Å². The Hall–Kier alpha value is -3.38. The quantitative estimate of drug-likeness (QED) is 0.437. The van der Waals surface area contributed by atoms with Crippen LogP contribution in [0.5, 0.6) is 0 Å². The molecule has 0 aromatic carbocycles. The van der Waals surface area contributed by atoms with Gasteiger partial charge in [-0.05, 0) is 58.2 Å². The molecule has 0 atom stereocenters. The van der Waals surface area contributed by atoms with Crippen molar-refractivity contribution in [3.63, 3.8) is 0 Å². The number of carbonyl (C=O) groups is 1. The van der Waals surface area contributed by atoms with Crippen molar-refractivity contribution in [1.29, 1.82) is 0 Å². The second-order valence-corrected chi connectivity index (χ2v) is 13.1. The van der Waals surface area contributed by atoms with Crippen molar-refractivity contribution < 1.29 is 13.2 Å². The van der Waals surface area contributed by atoms with E-state index in [1.807, 2.05) is 12.1 Å². The van der Waals surface area contributed by atoms with Gasteiger partial charge in [-0.2, -0.15) is 9.29 Å². The number of hydrogen-bond donors (Lipinski definition) is 1. The largest absolute Gasteiger partial charge is 0.368 e. The summed E-state index contributed by atoms with van der Waals surface area (Å²) in [5, 5.41) is 3.40. The van der Waals surface area contributed by atoms with E-state index in [0.717, 1.165) is 31.4 Å². The molecule has 208 valence electrons. The van der Waals surface area contributed by atoms with Gasteiger partial charge >= 0.3 is 0 Å². The zero-order valence-corrected chi connectivity index (χ0v) is 23.7. The van der Waals surface area contributed by atoms with Crippen LogP contribution in [0.2, 0.25) is 0 Å². The van der Waals surface area contributed by atoms with Crippen LogP contribution in [0.3, 0.4) is 0 Å². The molecule has 1 saturated carbocycles. The van der Waals surface area contributed by atoms with E-state index in [1.54, 1.807) is 42.0 Å². The van der Waals surface area contributed by atoms with Gasteiger partial charge in [0.25, 0.3) is 5.56 Å². The maximum absolute atomic E-state index is 13.4. The molecule has 1 N–H and O–H groups in total. The number of hydrogen-bond acceptors (Lipinski definition) is 9. The topological polar surface area (TPSA) is 130 Å². The van der Waals surface area contributed by atoms with Crippen LogP contribution in [0.25, 0.3) is 11.0 Å². The highest BCUT2D eigenvalue weighted by molar-refractivity contribution is 7.89. The van der Waals surface area contributed by atoms with Crippen LogP contribution in [0.1, 0.15) is 68.4 Å². The molecule has 39 heavy (non-hydrogen) atoms. The number of sulfonamides is 1. The Morgan fingerprint density at radius 2 is 1.74 bits per heavy atom. The predicted octanol–water partition coefficient (Wildman–Crippen LogP) is 3.42. The molecule has 11 nitrogen and oxygen atoms in total. The number of nitrogens with one attached hydrogen (secondary N) is 1. The predicted molar refractivity (Wildman–Crippen MR) is 151 cm³/mol. The molecular formula is C27H35N7O4S. The monoisotopic (exact) mass is 553 g/mol. The van der Waals surface area contributed by atoms with Crippen LogP contribution < -0.4 is 15.8 Å². The SMILES string of the molecule is CC(=O)c1c(C)c2cnc(Nc3ccc(N4CCN(S(=O)(=O)C(C)C)CC4)cn3)nc2n(C2CCCC2)c1=O. The Bertz CT molecular complexity index is 1550. The number of ketones is 1. The van der Waals surface area contributed by atoms with Gasteiger partial charge < -0.3 is 10.2 Å². The maximum atomic E-state index is 13.4. The summed E-state index contributed by atoms with van der Waals surface area (Å²) in [5.41, 5.74) is 1.96. The van der Waals surface area contributed by atoms with Crippen molar-refractivity contribution in [3.05, 3.63) is 46.0 Å². The fraction of sp³-hybridized carbons (Fsp3) is 0.519. The zero-order valence-electron chi connectivity index (χ0n) is 22.8. The summed E-state index contributed by atoms with van der Waals surface area (Å²) >= 11 is 0. The maximum Gasteiger partial charge on any atom is 0.263 e. The lowest BCUT2D eigenvalue weighted by Gasteiger charge is -2.36. The number of carbonyl (C=O) groups excluding carboxylic acids is 1. The first-order valence-corrected chi connectivity index (χ1v) is 15.0. The molecule has 2 aliphatic rings. The lowest BCUT2D eigenvalue weighted by atomic mass is 10.0. The Morgan fingerprint density at radius 3 is 2.33 bits per heavy atom. The van der Waals surface area contributed by atoms with Crippen molar-refractivity contribution in [2.45, 2.75) is 64.7 Å². The van der Waals surface area contributed by atoms with Gasteiger partial charge in [0.2, 0.25) is 16.0 Å². The first kappa shape index (κ1) is 27.2. The molecule has 0 radical (unpaired) electrons. The first-order valence-electron chi connectivity index (χ1n) is 13.5. The number of piperazine rings is 1. The smallest absolute Gasteiger partial charge is 0.263 e. The van der Waals surface area contributed by atoms with Gasteiger partial charge in [-0.15, -0.1) is 0 Å². The molecule has 1 aliphatic carbocycles. The van der Waals surface area contributed by atoms with Crippen LogP contribution in [-0.2, 0) is 10.0 Å². The highest BCUT2D eigenvalue weighted by Gasteiger charge is 2.30. The van der Waals surface area contributed by atoms with Crippen molar-refractivity contribution in [2.24, 2.45) is 0 Å². The van der Waals surface area contributed by atoms with E-state index in [4.69, 9.17) is 4.98 Å². The fourth-order valence-corrected chi connectivity index (χ4v) is 6.84. The summed E-state index contributed by atoms with van der Waals surface area (Å²) in [5.74, 6) is 0.614. The number of anilines is 3. The molecular weight excluding hydrogens is 518 g/mol. The van der Waals surface area contributed by atoms with E-state index >= 15 is 0 Å². The highest BCUT2D eigenvalue weighted by atomic mass is 32.2. The number of aryl methyl sites for hydroxylation is 1. The normalized spacial score (nSPS) is 17.3. The lowest BCUT2D eigenvalue weighted by molar-refractivity contribution is 0.101. The number of fused-ring (bicyclic) bond motifs is 1. The van der Waals surface area contributed by atoms with Crippen LogP contribution >= 0.6 is 0 Å². The van der Waals surface area contributed by atoms with Crippen LogP contribution in [0, 0.1) is 6.92 Å². The van der Waals surface area contributed by atoms with Crippen LogP contribution in [-0.4, -0.2) is 69.5 Å². The summed E-state index contributed by atoms with van der Waals surface area (Å²) in [6, 6.07) is 3.77. The Balaban J connectivity index is 1.37. The zero-order chi connectivity index (χ0) is 27.9. The van der Waals surface area contributed by atoms with Gasteiger partial charge in [-0.25, -0.2) is 18.4 Å². The van der Waals surface area contributed by atoms with E-state index in [-0.39, 0.29) is 22.9 Å². The second-order valence-electron chi connectivity index (χ2n) is 10.6. The molecule has 1 aliphatic heterocycles. The molecule has 12 heteroatoms. The molecule has 5 rings (SSSR count). The third kappa shape index (κ3) is 5.14. The molecule has 2 fully saturated rings. The van der Waals surface area contributed by atoms with Crippen LogP contribution in [0.15, 0.2) is 29.3 Å². The third-order valence-electron chi connectivity index (χ3n) is 7.80. The van der Waals surface area contributed by atoms with Crippen molar-refractivity contribution in [1.82, 2.24) is 23.8 Å². The second kappa shape index (κ2) is 10.6. The molecule has 0 amide bonds. The number of aromatic nitrogens is 4. The molecule has 3 aromatic rings. The fourth-order valence-electron chi connectivity index (χ4n) is 5.57. The lowest BCUT2D eigenvalue weighted by Crippen LogP contribution is -2.50. The summed E-state index contributed by atoms with van der Waals surface area (Å²) < 4.78 is 28.1. The number of pyridine rings is 2. The van der Waals surface area contributed by atoms with Gasteiger partial charge in [0.1, 0.15) is 11.5 Å². The van der Waals surface area contributed by atoms with Gasteiger partial charge in [-0.1, -0.05) is 12.8 Å². The minimum absolute atomic E-state index is 0.00912. The van der Waals surface area contributed by atoms with Crippen molar-refractivity contribution >= 4 is 44.3 Å². The van der Waals surface area contributed by atoms with E-state index in [0.29, 0.717) is 54.5 Å². The van der Waals surface area contributed by atoms with Crippen molar-refractivity contribution in [2.75, 3.05) is 36.4 Å². The molecule has 0 spiro atoms. The summed E-state index contributed by atoms with van der Waals surface area (Å²) in [6.45, 7) is 8.67. The van der Waals surface area contributed by atoms with Gasteiger partial charge in [0, 0.05) is 43.8 Å². The average molecular weight is 554 g/mol. The summed E-state index contributed by atoms with van der Waals surface area (Å²) in [6.07, 6.45) is 7.24. The van der Waals surface area contributed by atoms with Gasteiger partial charge in [-0.3, -0.25) is 14.2 Å². The van der Waals surface area contributed by atoms with E-state index < -0.39 is 15.3 Å². The van der Waals surface area contributed by atoms with Gasteiger partial charge in [0.05, 0.1) is 22.7 Å². The summed E-state index contributed by atoms with van der Waals surface area (Å²) in [7, 11) is -3.25. The molecule has 0 bridgehead atoms. The standard InChI is InChI=1S/C27H35N7O4S/c1-17(2)39(37,38)33-13-11-32(12-14-33)21-9-10-23(28-15-21)30-27-29-16-22-18(3)24(19(4)35)26(36)34(25(22)31-27)20-7-5-6-8-20/h9-10,15-17,20H,5-8,11-14H2,1-4H3,(H,28,29,30,31). The molecule has 3 aromatic heterocycles. The van der Waals surface area contributed by atoms with E-state index in [1.165, 1.54) is 6.92 Å².